The number of likely N-dealkylation sites (tertiary alicyclic amines) is 1. The summed E-state index contributed by atoms with van der Waals surface area (Å²) in [5.74, 6) is 0.479. The lowest BCUT2D eigenvalue weighted by atomic mass is 10.1. The van der Waals surface area contributed by atoms with Crippen LogP contribution >= 0.6 is 11.3 Å². The number of carbonyl (C=O) groups is 1. The van der Waals surface area contributed by atoms with Crippen molar-refractivity contribution >= 4 is 28.2 Å². The highest BCUT2D eigenvalue weighted by molar-refractivity contribution is 7.13. The second kappa shape index (κ2) is 6.19. The molecule has 1 fully saturated rings. The molecule has 6 nitrogen and oxygen atoms in total. The molecule has 1 aliphatic heterocycles. The molecule has 110 valence electrons. The molecule has 21 heavy (non-hydrogen) atoms. The molecule has 0 bridgehead atoms. The summed E-state index contributed by atoms with van der Waals surface area (Å²) in [6, 6.07) is 6.05. The summed E-state index contributed by atoms with van der Waals surface area (Å²) in [6.45, 7) is 1.18. The van der Waals surface area contributed by atoms with Gasteiger partial charge in [-0.05, 0) is 31.5 Å². The first-order valence-corrected chi connectivity index (χ1v) is 7.76. The second-order valence-corrected chi connectivity index (χ2v) is 5.90. The van der Waals surface area contributed by atoms with E-state index in [-0.39, 0.29) is 18.5 Å². The molecule has 0 spiro atoms. The first-order valence-electron chi connectivity index (χ1n) is 6.88. The van der Waals surface area contributed by atoms with Crippen molar-refractivity contribution in [2.75, 3.05) is 18.4 Å². The molecule has 2 aromatic rings. The van der Waals surface area contributed by atoms with Crippen LogP contribution in [0, 0.1) is 0 Å². The molecule has 0 unspecified atom stereocenters. The zero-order chi connectivity index (χ0) is 14.7. The fraction of sp³-hybridized carbons (Fsp3) is 0.357. The van der Waals surface area contributed by atoms with Crippen LogP contribution in [0.25, 0.3) is 0 Å². The molecule has 3 heterocycles. The van der Waals surface area contributed by atoms with Gasteiger partial charge in [-0.1, -0.05) is 6.07 Å². The van der Waals surface area contributed by atoms with Gasteiger partial charge in [0.25, 0.3) is 0 Å². The minimum atomic E-state index is -0.293. The molecular weight excluding hydrogens is 286 g/mol. The summed E-state index contributed by atoms with van der Waals surface area (Å²) in [5, 5.41) is 5.92. The molecule has 3 N–H and O–H groups in total. The molecule has 7 heteroatoms. The maximum Gasteiger partial charge on any atom is 0.231 e. The quantitative estimate of drug-likeness (QED) is 0.881. The van der Waals surface area contributed by atoms with E-state index in [0.29, 0.717) is 0 Å². The van der Waals surface area contributed by atoms with Gasteiger partial charge in [-0.15, -0.1) is 11.3 Å². The van der Waals surface area contributed by atoms with Crippen LogP contribution in [0.4, 0.5) is 10.9 Å². The van der Waals surface area contributed by atoms with E-state index in [1.165, 1.54) is 11.3 Å². The van der Waals surface area contributed by atoms with Crippen LogP contribution in [-0.4, -0.2) is 33.9 Å². The highest BCUT2D eigenvalue weighted by Gasteiger charge is 2.28. The zero-order valence-corrected chi connectivity index (χ0v) is 12.3. The van der Waals surface area contributed by atoms with E-state index in [1.54, 1.807) is 6.20 Å². The third kappa shape index (κ3) is 3.37. The topological polar surface area (TPSA) is 84.1 Å². The molecule has 0 saturated carbocycles. The molecule has 1 aliphatic rings. The molecule has 2 aromatic heterocycles. The first-order chi connectivity index (χ1) is 10.2. The molecule has 1 amide bonds. The zero-order valence-electron chi connectivity index (χ0n) is 11.5. The van der Waals surface area contributed by atoms with Crippen LogP contribution in [0.5, 0.6) is 0 Å². The molecule has 0 aromatic carbocycles. The van der Waals surface area contributed by atoms with Crippen molar-refractivity contribution in [3.63, 3.8) is 0 Å². The highest BCUT2D eigenvalue weighted by atomic mass is 32.1. The second-order valence-electron chi connectivity index (χ2n) is 5.00. The van der Waals surface area contributed by atoms with E-state index >= 15 is 0 Å². The van der Waals surface area contributed by atoms with Gasteiger partial charge in [0, 0.05) is 11.6 Å². The first kappa shape index (κ1) is 14.0. The number of nitrogens with zero attached hydrogens (tertiary/aromatic N) is 3. The van der Waals surface area contributed by atoms with Gasteiger partial charge in [0.2, 0.25) is 5.91 Å². The van der Waals surface area contributed by atoms with Gasteiger partial charge in [-0.2, -0.15) is 0 Å². The van der Waals surface area contributed by atoms with Crippen LogP contribution < -0.4 is 11.1 Å². The van der Waals surface area contributed by atoms with Gasteiger partial charge in [0.05, 0.1) is 18.3 Å². The predicted molar refractivity (Wildman–Crippen MR) is 82.4 cm³/mol. The molecule has 1 atom stereocenters. The summed E-state index contributed by atoms with van der Waals surface area (Å²) in [5.41, 5.74) is 6.28. The van der Waals surface area contributed by atoms with Crippen molar-refractivity contribution in [3.8, 4) is 0 Å². The summed E-state index contributed by atoms with van der Waals surface area (Å²) < 4.78 is 0. The van der Waals surface area contributed by atoms with Crippen molar-refractivity contribution in [1.82, 2.24) is 14.9 Å². The van der Waals surface area contributed by atoms with Crippen LogP contribution in [0.2, 0.25) is 0 Å². The number of amides is 1. The summed E-state index contributed by atoms with van der Waals surface area (Å²) >= 11 is 1.53. The number of pyridine rings is 1. The number of thiazole rings is 1. The Labute approximate surface area is 127 Å². The average Bonchev–Trinajstić information content (AvgIpc) is 3.10. The third-order valence-corrected chi connectivity index (χ3v) is 4.19. The van der Waals surface area contributed by atoms with Crippen molar-refractivity contribution < 1.29 is 4.79 Å². The minimum Gasteiger partial charge on any atom is -0.369 e. The number of hydrogen-bond acceptors (Lipinski definition) is 6. The summed E-state index contributed by atoms with van der Waals surface area (Å²) in [6.07, 6.45) is 3.81. The lowest BCUT2D eigenvalue weighted by Gasteiger charge is -2.22. The van der Waals surface area contributed by atoms with Gasteiger partial charge in [0.15, 0.2) is 5.13 Å². The number of nitrogens with one attached hydrogen (secondary N) is 1. The van der Waals surface area contributed by atoms with Crippen LogP contribution in [-0.2, 0) is 4.79 Å². The van der Waals surface area contributed by atoms with Crippen LogP contribution in [0.1, 0.15) is 24.6 Å². The van der Waals surface area contributed by atoms with Crippen molar-refractivity contribution in [3.05, 3.63) is 35.5 Å². The van der Waals surface area contributed by atoms with E-state index in [9.17, 15) is 4.79 Å². The van der Waals surface area contributed by atoms with Gasteiger partial charge >= 0.3 is 0 Å². The van der Waals surface area contributed by atoms with Gasteiger partial charge in [0.1, 0.15) is 5.82 Å². The number of rotatable bonds is 5. The van der Waals surface area contributed by atoms with E-state index in [2.05, 4.69) is 20.2 Å². The lowest BCUT2D eigenvalue weighted by Crippen LogP contribution is -2.33. The van der Waals surface area contributed by atoms with E-state index in [0.717, 1.165) is 36.0 Å². The molecule has 1 saturated heterocycles. The Morgan fingerprint density at radius 3 is 3.19 bits per heavy atom. The SMILES string of the molecule is NC(=O)CN1CCC[C@@H]1c1cccc(Nc2nccs2)n1. The number of nitrogens with two attached hydrogens (primary N) is 1. The lowest BCUT2D eigenvalue weighted by molar-refractivity contribution is -0.119. The Morgan fingerprint density at radius 2 is 2.43 bits per heavy atom. The number of carbonyl (C=O) groups excluding carboxylic acids is 1. The number of hydrogen-bond donors (Lipinski definition) is 2. The highest BCUT2D eigenvalue weighted by Crippen LogP contribution is 2.31. The van der Waals surface area contributed by atoms with E-state index in [4.69, 9.17) is 5.73 Å². The van der Waals surface area contributed by atoms with Gasteiger partial charge in [-0.3, -0.25) is 9.69 Å². The van der Waals surface area contributed by atoms with Crippen molar-refractivity contribution in [1.29, 1.82) is 0 Å². The normalized spacial score (nSPS) is 18.8. The summed E-state index contributed by atoms with van der Waals surface area (Å²) in [7, 11) is 0. The van der Waals surface area contributed by atoms with Gasteiger partial charge < -0.3 is 11.1 Å². The molecule has 0 radical (unpaired) electrons. The summed E-state index contributed by atoms with van der Waals surface area (Å²) in [4.78, 5) is 22.1. The minimum absolute atomic E-state index is 0.163. The number of anilines is 2. The Bertz CT molecular complexity index is 616. The van der Waals surface area contributed by atoms with Crippen molar-refractivity contribution in [2.24, 2.45) is 5.73 Å². The monoisotopic (exact) mass is 303 g/mol. The van der Waals surface area contributed by atoms with Crippen molar-refractivity contribution in [2.45, 2.75) is 18.9 Å². The third-order valence-electron chi connectivity index (χ3n) is 3.50. The van der Waals surface area contributed by atoms with Crippen LogP contribution in [0.15, 0.2) is 29.8 Å². The smallest absolute Gasteiger partial charge is 0.231 e. The average molecular weight is 303 g/mol. The van der Waals surface area contributed by atoms with Crippen LogP contribution in [0.3, 0.4) is 0 Å². The Kier molecular flexibility index (Phi) is 4.12. The Hall–Kier alpha value is -1.99. The van der Waals surface area contributed by atoms with E-state index < -0.39 is 0 Å². The standard InChI is InChI=1S/C14H17N5OS/c15-12(20)9-19-7-2-4-11(19)10-3-1-5-13(17-10)18-14-16-6-8-21-14/h1,3,5-6,8,11H,2,4,7,9H2,(H2,15,20)(H,16,17,18)/t11-/m1/s1. The maximum absolute atomic E-state index is 11.2. The fourth-order valence-corrected chi connectivity index (χ4v) is 3.19. The Morgan fingerprint density at radius 1 is 1.52 bits per heavy atom. The Balaban J connectivity index is 1.77. The number of aromatic nitrogens is 2. The fourth-order valence-electron chi connectivity index (χ4n) is 2.65. The molecule has 0 aliphatic carbocycles. The predicted octanol–water partition coefficient (Wildman–Crippen LogP) is 1.90. The molecular formula is C14H17N5OS. The largest absolute Gasteiger partial charge is 0.369 e. The molecule has 3 rings (SSSR count). The maximum atomic E-state index is 11.2. The van der Waals surface area contributed by atoms with E-state index in [1.807, 2.05) is 23.6 Å². The number of primary amides is 1. The van der Waals surface area contributed by atoms with Gasteiger partial charge in [-0.25, -0.2) is 9.97 Å².